The largest absolute Gasteiger partial charge is 0.524 e. The second kappa shape index (κ2) is 9.19. The minimum Gasteiger partial charge on any atom is -0.488 e. The maximum atomic E-state index is 12.5. The quantitative estimate of drug-likeness (QED) is 0.711. The number of allylic oxidation sites excluding steroid dienone is 2. The number of benzene rings is 1. The summed E-state index contributed by atoms with van der Waals surface area (Å²) in [7, 11) is 0. The van der Waals surface area contributed by atoms with E-state index < -0.39 is 18.7 Å². The number of halogens is 3. The number of carbonyl (C=O) groups excluding carboxylic acids is 1. The third kappa shape index (κ3) is 6.13. The van der Waals surface area contributed by atoms with Gasteiger partial charge in [-0.25, -0.2) is 0 Å². The van der Waals surface area contributed by atoms with Gasteiger partial charge in [-0.05, 0) is 36.0 Å². The molecular weight excluding hydrogens is 393 g/mol. The average molecular weight is 414 g/mol. The van der Waals surface area contributed by atoms with E-state index in [2.05, 4.69) is 10.1 Å². The summed E-state index contributed by atoms with van der Waals surface area (Å²) < 4.78 is 52.6. The Morgan fingerprint density at radius 2 is 2.03 bits per heavy atom. The minimum absolute atomic E-state index is 0.00403. The molecule has 1 fully saturated rings. The van der Waals surface area contributed by atoms with E-state index in [0.29, 0.717) is 18.7 Å². The van der Waals surface area contributed by atoms with Gasteiger partial charge in [0, 0.05) is 13.0 Å². The van der Waals surface area contributed by atoms with Gasteiger partial charge in [0.15, 0.2) is 12.8 Å². The topological polar surface area (TPSA) is 80.3 Å². The van der Waals surface area contributed by atoms with E-state index in [4.69, 9.17) is 14.6 Å². The first kappa shape index (κ1) is 21.0. The standard InChI is InChI=1S/C19H21F3N2O5/c20-19(21,22)29-18-16(2-1-8-23-18)28-15-7-9-24(10-15)17(26)12-27-14-5-3-13(11-25)4-6-14/h1-6,8,15,18,23,25H,7,9-12H2. The first-order valence-corrected chi connectivity index (χ1v) is 8.98. The summed E-state index contributed by atoms with van der Waals surface area (Å²) in [5, 5.41) is 11.5. The fourth-order valence-corrected chi connectivity index (χ4v) is 2.95. The Morgan fingerprint density at radius 3 is 2.72 bits per heavy atom. The molecule has 1 aromatic rings. The number of hydrogen-bond acceptors (Lipinski definition) is 6. The molecule has 1 saturated heterocycles. The fourth-order valence-electron chi connectivity index (χ4n) is 2.95. The number of amides is 1. The molecule has 29 heavy (non-hydrogen) atoms. The number of ether oxygens (including phenoxy) is 3. The molecule has 3 rings (SSSR count). The summed E-state index contributed by atoms with van der Waals surface area (Å²) in [6, 6.07) is 6.70. The summed E-state index contributed by atoms with van der Waals surface area (Å²) in [6.45, 7) is 0.409. The van der Waals surface area contributed by atoms with Gasteiger partial charge in [0.1, 0.15) is 17.6 Å². The van der Waals surface area contributed by atoms with Crippen LogP contribution in [-0.4, -0.2) is 54.3 Å². The van der Waals surface area contributed by atoms with Gasteiger partial charge in [-0.3, -0.25) is 9.53 Å². The zero-order chi connectivity index (χ0) is 20.9. The normalized spacial score (nSPS) is 21.5. The van der Waals surface area contributed by atoms with E-state index in [-0.39, 0.29) is 31.4 Å². The lowest BCUT2D eigenvalue weighted by Crippen LogP contribution is -2.39. The monoisotopic (exact) mass is 414 g/mol. The smallest absolute Gasteiger partial charge is 0.488 e. The number of rotatable bonds is 7. The lowest BCUT2D eigenvalue weighted by Gasteiger charge is -2.26. The molecule has 2 N–H and O–H groups in total. The van der Waals surface area contributed by atoms with Crippen molar-refractivity contribution in [3.63, 3.8) is 0 Å². The Balaban J connectivity index is 1.48. The molecule has 2 unspecified atom stereocenters. The highest BCUT2D eigenvalue weighted by Crippen LogP contribution is 2.25. The highest BCUT2D eigenvalue weighted by molar-refractivity contribution is 5.78. The summed E-state index contributed by atoms with van der Waals surface area (Å²) in [6.07, 6.45) is -1.99. The molecular formula is C19H21F3N2O5. The third-order valence-electron chi connectivity index (χ3n) is 4.38. The molecule has 2 heterocycles. The lowest BCUT2D eigenvalue weighted by molar-refractivity contribution is -0.343. The number of alkyl halides is 3. The second-order valence-electron chi connectivity index (χ2n) is 6.50. The molecule has 0 bridgehead atoms. The Labute approximate surface area is 165 Å². The van der Waals surface area contributed by atoms with Gasteiger partial charge in [-0.2, -0.15) is 0 Å². The van der Waals surface area contributed by atoms with Gasteiger partial charge in [0.05, 0.1) is 13.2 Å². The van der Waals surface area contributed by atoms with Gasteiger partial charge >= 0.3 is 6.36 Å². The van der Waals surface area contributed by atoms with Gasteiger partial charge in [0.2, 0.25) is 0 Å². The summed E-state index contributed by atoms with van der Waals surface area (Å²) in [5.41, 5.74) is 0.734. The van der Waals surface area contributed by atoms with Crippen molar-refractivity contribution >= 4 is 5.91 Å². The second-order valence-corrected chi connectivity index (χ2v) is 6.50. The average Bonchev–Trinajstić information content (AvgIpc) is 3.15. The number of aliphatic hydroxyl groups is 1. The molecule has 1 aromatic carbocycles. The van der Waals surface area contributed by atoms with Crippen molar-refractivity contribution in [1.29, 1.82) is 0 Å². The summed E-state index contributed by atoms with van der Waals surface area (Å²) in [5.74, 6) is 0.255. The first-order valence-electron chi connectivity index (χ1n) is 8.98. The van der Waals surface area contributed by atoms with Crippen LogP contribution in [-0.2, 0) is 20.9 Å². The number of dihydropyridines is 1. The first-order chi connectivity index (χ1) is 13.8. The number of hydrogen-bond donors (Lipinski definition) is 2. The maximum absolute atomic E-state index is 12.5. The van der Waals surface area contributed by atoms with Gasteiger partial charge in [-0.1, -0.05) is 12.1 Å². The predicted molar refractivity (Wildman–Crippen MR) is 95.2 cm³/mol. The van der Waals surface area contributed by atoms with E-state index in [1.54, 1.807) is 29.2 Å². The molecule has 1 amide bonds. The van der Waals surface area contributed by atoms with Gasteiger partial charge in [-0.15, -0.1) is 13.2 Å². The summed E-state index contributed by atoms with van der Waals surface area (Å²) >= 11 is 0. The molecule has 0 spiro atoms. The molecule has 0 aromatic heterocycles. The van der Waals surface area contributed by atoms with E-state index in [1.807, 2.05) is 0 Å². The van der Waals surface area contributed by atoms with Gasteiger partial charge in [0.25, 0.3) is 5.91 Å². The van der Waals surface area contributed by atoms with Crippen molar-refractivity contribution in [3.8, 4) is 5.75 Å². The van der Waals surface area contributed by atoms with Crippen LogP contribution in [0.4, 0.5) is 13.2 Å². The number of aliphatic hydroxyl groups excluding tert-OH is 1. The zero-order valence-corrected chi connectivity index (χ0v) is 15.4. The molecule has 10 heteroatoms. The predicted octanol–water partition coefficient (Wildman–Crippen LogP) is 2.04. The number of likely N-dealkylation sites (tertiary alicyclic amines) is 1. The summed E-state index contributed by atoms with van der Waals surface area (Å²) in [4.78, 5) is 13.9. The fraction of sp³-hybridized carbons (Fsp3) is 0.421. The molecule has 0 radical (unpaired) electrons. The van der Waals surface area contributed by atoms with Crippen molar-refractivity contribution in [2.45, 2.75) is 31.7 Å². The van der Waals surface area contributed by atoms with E-state index in [9.17, 15) is 18.0 Å². The highest BCUT2D eigenvalue weighted by atomic mass is 19.4. The maximum Gasteiger partial charge on any atom is 0.524 e. The third-order valence-corrected chi connectivity index (χ3v) is 4.38. The van der Waals surface area contributed by atoms with Crippen LogP contribution >= 0.6 is 0 Å². The SMILES string of the molecule is O=C(COc1ccc(CO)cc1)N1CCC(OC2=CC=CNC2OC(F)(F)F)C1. The Hall–Kier alpha value is -2.72. The number of nitrogens with zero attached hydrogens (tertiary/aromatic N) is 1. The van der Waals surface area contributed by atoms with Crippen LogP contribution in [0.25, 0.3) is 0 Å². The van der Waals surface area contributed by atoms with Crippen LogP contribution in [0.15, 0.2) is 48.4 Å². The van der Waals surface area contributed by atoms with Crippen LogP contribution in [0.1, 0.15) is 12.0 Å². The molecule has 0 saturated carbocycles. The van der Waals surface area contributed by atoms with Crippen molar-refractivity contribution < 1.29 is 37.3 Å². The Bertz CT molecular complexity index is 764. The highest BCUT2D eigenvalue weighted by Gasteiger charge is 2.37. The zero-order valence-electron chi connectivity index (χ0n) is 15.4. The van der Waals surface area contributed by atoms with Crippen LogP contribution < -0.4 is 10.1 Å². The Kier molecular flexibility index (Phi) is 6.65. The van der Waals surface area contributed by atoms with Crippen molar-refractivity contribution in [2.24, 2.45) is 0 Å². The van der Waals surface area contributed by atoms with Crippen LogP contribution in [0.3, 0.4) is 0 Å². The van der Waals surface area contributed by atoms with Crippen molar-refractivity contribution in [1.82, 2.24) is 10.2 Å². The van der Waals surface area contributed by atoms with Crippen LogP contribution in [0.5, 0.6) is 5.75 Å². The van der Waals surface area contributed by atoms with Crippen molar-refractivity contribution in [2.75, 3.05) is 19.7 Å². The molecule has 2 atom stereocenters. The van der Waals surface area contributed by atoms with Crippen LogP contribution in [0.2, 0.25) is 0 Å². The van der Waals surface area contributed by atoms with Gasteiger partial charge < -0.3 is 24.8 Å². The van der Waals surface area contributed by atoms with E-state index in [0.717, 1.165) is 5.56 Å². The number of nitrogens with one attached hydrogen (secondary N) is 1. The van der Waals surface area contributed by atoms with E-state index >= 15 is 0 Å². The Morgan fingerprint density at radius 1 is 1.28 bits per heavy atom. The minimum atomic E-state index is -4.81. The molecule has 158 valence electrons. The molecule has 2 aliphatic rings. The molecule has 2 aliphatic heterocycles. The van der Waals surface area contributed by atoms with Crippen LogP contribution in [0, 0.1) is 0 Å². The molecule has 7 nitrogen and oxygen atoms in total. The number of carbonyl (C=O) groups is 1. The lowest BCUT2D eigenvalue weighted by atomic mass is 10.2. The van der Waals surface area contributed by atoms with E-state index in [1.165, 1.54) is 18.4 Å². The van der Waals surface area contributed by atoms with Crippen molar-refractivity contribution in [3.05, 3.63) is 53.9 Å². The molecule has 0 aliphatic carbocycles.